The van der Waals surface area contributed by atoms with Crippen molar-refractivity contribution in [3.05, 3.63) is 65.0 Å². The Bertz CT molecular complexity index is 635. The Morgan fingerprint density at radius 1 is 1.19 bits per heavy atom. The first-order valence-electron chi connectivity index (χ1n) is 6.99. The summed E-state index contributed by atoms with van der Waals surface area (Å²) in [6, 6.07) is 13.0. The number of Topliss-reactive ketones (excluding diaryl/α,β-unsaturated/α-hetero) is 1. The second-order valence-electron chi connectivity index (χ2n) is 5.14. The zero-order valence-electron chi connectivity index (χ0n) is 12.4. The minimum atomic E-state index is -0.441. The molecule has 0 atom stereocenters. The molecule has 0 aliphatic carbocycles. The summed E-state index contributed by atoms with van der Waals surface area (Å²) in [6.45, 7) is 2.02. The fourth-order valence-corrected chi connectivity index (χ4v) is 2.30. The second-order valence-corrected chi connectivity index (χ2v) is 5.14. The summed E-state index contributed by atoms with van der Waals surface area (Å²) in [5, 5.41) is 0. The number of rotatable bonds is 6. The Morgan fingerprint density at radius 3 is 2.67 bits per heavy atom. The molecule has 2 rings (SSSR count). The van der Waals surface area contributed by atoms with Gasteiger partial charge in [0.15, 0.2) is 11.6 Å². The molecule has 21 heavy (non-hydrogen) atoms. The van der Waals surface area contributed by atoms with Crippen molar-refractivity contribution in [1.29, 1.82) is 0 Å². The highest BCUT2D eigenvalue weighted by Gasteiger charge is 2.12. The van der Waals surface area contributed by atoms with Crippen LogP contribution in [0, 0.1) is 12.7 Å². The van der Waals surface area contributed by atoms with Crippen molar-refractivity contribution in [1.82, 2.24) is 0 Å². The zero-order chi connectivity index (χ0) is 15.2. The molecule has 0 heterocycles. The lowest BCUT2D eigenvalue weighted by Gasteiger charge is -2.07. The second kappa shape index (κ2) is 7.02. The maximum atomic E-state index is 14.0. The van der Waals surface area contributed by atoms with E-state index in [1.165, 1.54) is 12.7 Å². The van der Waals surface area contributed by atoms with Crippen LogP contribution in [0.1, 0.15) is 23.1 Å². The number of halogens is 1. The minimum absolute atomic E-state index is 0.0312. The standard InChI is InChI=1S/C18H19FO2/c1-13-5-3-6-14(11-13)9-10-16(20)12-15-7-4-8-17(21-2)18(15)19/h3-8,11H,9-10,12H2,1-2H3. The number of hydrogen-bond acceptors (Lipinski definition) is 2. The van der Waals surface area contributed by atoms with Crippen molar-refractivity contribution in [2.75, 3.05) is 7.11 Å². The van der Waals surface area contributed by atoms with Crippen LogP contribution in [0.4, 0.5) is 4.39 Å². The highest BCUT2D eigenvalue weighted by molar-refractivity contribution is 5.81. The summed E-state index contributed by atoms with van der Waals surface area (Å²) in [6.07, 6.45) is 1.21. The molecule has 0 bridgehead atoms. The largest absolute Gasteiger partial charge is 0.494 e. The summed E-state index contributed by atoms with van der Waals surface area (Å²) in [4.78, 5) is 12.0. The molecule has 110 valence electrons. The summed E-state index contributed by atoms with van der Waals surface area (Å²) < 4.78 is 18.9. The van der Waals surface area contributed by atoms with Crippen molar-refractivity contribution in [2.24, 2.45) is 0 Å². The SMILES string of the molecule is COc1cccc(CC(=O)CCc2cccc(C)c2)c1F. The lowest BCUT2D eigenvalue weighted by atomic mass is 10.0. The highest BCUT2D eigenvalue weighted by Crippen LogP contribution is 2.21. The molecular formula is C18H19FO2. The molecule has 3 heteroatoms. The number of benzene rings is 2. The molecule has 0 fully saturated rings. The number of ketones is 1. The average molecular weight is 286 g/mol. The van der Waals surface area contributed by atoms with E-state index in [2.05, 4.69) is 6.07 Å². The first-order valence-corrected chi connectivity index (χ1v) is 6.99. The van der Waals surface area contributed by atoms with Gasteiger partial charge in [0.05, 0.1) is 7.11 Å². The summed E-state index contributed by atoms with van der Waals surface area (Å²) in [7, 11) is 1.42. The maximum absolute atomic E-state index is 14.0. The van der Waals surface area contributed by atoms with Crippen LogP contribution in [-0.2, 0) is 17.6 Å². The van der Waals surface area contributed by atoms with Gasteiger partial charge in [0, 0.05) is 12.8 Å². The Hall–Kier alpha value is -2.16. The van der Waals surface area contributed by atoms with Crippen LogP contribution in [0.2, 0.25) is 0 Å². The molecule has 0 saturated heterocycles. The van der Waals surface area contributed by atoms with Gasteiger partial charge in [0.2, 0.25) is 0 Å². The molecule has 0 aromatic heterocycles. The van der Waals surface area contributed by atoms with E-state index in [0.717, 1.165) is 5.56 Å². The van der Waals surface area contributed by atoms with Crippen LogP contribution in [0.5, 0.6) is 5.75 Å². The van der Waals surface area contributed by atoms with Crippen molar-refractivity contribution in [3.8, 4) is 5.75 Å². The predicted octanol–water partition coefficient (Wildman–Crippen LogP) is 3.89. The van der Waals surface area contributed by atoms with Crippen LogP contribution < -0.4 is 4.74 Å². The monoisotopic (exact) mass is 286 g/mol. The van der Waals surface area contributed by atoms with E-state index in [1.54, 1.807) is 18.2 Å². The first-order chi connectivity index (χ1) is 10.1. The van der Waals surface area contributed by atoms with Crippen LogP contribution in [0.25, 0.3) is 0 Å². The van der Waals surface area contributed by atoms with Gasteiger partial charge in [-0.05, 0) is 30.5 Å². The highest BCUT2D eigenvalue weighted by atomic mass is 19.1. The van der Waals surface area contributed by atoms with E-state index in [4.69, 9.17) is 4.74 Å². The van der Waals surface area contributed by atoms with Crippen LogP contribution in [0.15, 0.2) is 42.5 Å². The zero-order valence-corrected chi connectivity index (χ0v) is 12.4. The van der Waals surface area contributed by atoms with Crippen molar-refractivity contribution >= 4 is 5.78 Å². The molecule has 2 nitrogen and oxygen atoms in total. The Labute approximate surface area is 124 Å². The minimum Gasteiger partial charge on any atom is -0.494 e. The molecule has 0 spiro atoms. The number of aryl methyl sites for hydroxylation is 2. The van der Waals surface area contributed by atoms with Gasteiger partial charge in [-0.1, -0.05) is 42.0 Å². The summed E-state index contributed by atoms with van der Waals surface area (Å²) in [5.41, 5.74) is 2.71. The number of hydrogen-bond donors (Lipinski definition) is 0. The number of carbonyl (C=O) groups excluding carboxylic acids is 1. The van der Waals surface area contributed by atoms with Gasteiger partial charge in [-0.25, -0.2) is 4.39 Å². The van der Waals surface area contributed by atoms with E-state index in [9.17, 15) is 9.18 Å². The molecule has 0 amide bonds. The third-order valence-electron chi connectivity index (χ3n) is 3.43. The quantitative estimate of drug-likeness (QED) is 0.805. The Balaban J connectivity index is 1.96. The number of ether oxygens (including phenoxy) is 1. The van der Waals surface area contributed by atoms with E-state index in [0.29, 0.717) is 18.4 Å². The third kappa shape index (κ3) is 4.15. The average Bonchev–Trinajstić information content (AvgIpc) is 2.47. The van der Waals surface area contributed by atoms with Gasteiger partial charge in [0.1, 0.15) is 5.78 Å². The fourth-order valence-electron chi connectivity index (χ4n) is 2.30. The summed E-state index contributed by atoms with van der Waals surface area (Å²) >= 11 is 0. The fraction of sp³-hybridized carbons (Fsp3) is 0.278. The molecular weight excluding hydrogens is 267 g/mol. The van der Waals surface area contributed by atoms with Gasteiger partial charge in [-0.2, -0.15) is 0 Å². The molecule has 0 radical (unpaired) electrons. The predicted molar refractivity (Wildman–Crippen MR) is 81.2 cm³/mol. The van der Waals surface area contributed by atoms with Gasteiger partial charge < -0.3 is 4.74 Å². The lowest BCUT2D eigenvalue weighted by molar-refractivity contribution is -0.118. The van der Waals surface area contributed by atoms with Gasteiger partial charge in [0.25, 0.3) is 0 Å². The van der Waals surface area contributed by atoms with Gasteiger partial charge in [-0.15, -0.1) is 0 Å². The number of methoxy groups -OCH3 is 1. The van der Waals surface area contributed by atoms with E-state index < -0.39 is 5.82 Å². The molecule has 2 aromatic carbocycles. The van der Waals surface area contributed by atoms with Crippen LogP contribution in [0.3, 0.4) is 0 Å². The molecule has 0 saturated carbocycles. The van der Waals surface area contributed by atoms with Gasteiger partial charge >= 0.3 is 0 Å². The lowest BCUT2D eigenvalue weighted by Crippen LogP contribution is -2.06. The Morgan fingerprint density at radius 2 is 1.95 bits per heavy atom. The Kier molecular flexibility index (Phi) is 5.09. The van der Waals surface area contributed by atoms with Crippen LogP contribution >= 0.6 is 0 Å². The van der Waals surface area contributed by atoms with Gasteiger partial charge in [-0.3, -0.25) is 4.79 Å². The molecule has 0 unspecified atom stereocenters. The van der Waals surface area contributed by atoms with Crippen LogP contribution in [-0.4, -0.2) is 12.9 Å². The maximum Gasteiger partial charge on any atom is 0.168 e. The summed E-state index contributed by atoms with van der Waals surface area (Å²) in [5.74, 6) is -0.230. The van der Waals surface area contributed by atoms with E-state index in [1.807, 2.05) is 25.1 Å². The third-order valence-corrected chi connectivity index (χ3v) is 3.43. The number of carbonyl (C=O) groups is 1. The smallest absolute Gasteiger partial charge is 0.168 e. The van der Waals surface area contributed by atoms with Crippen molar-refractivity contribution in [2.45, 2.75) is 26.2 Å². The first kappa shape index (κ1) is 15.2. The topological polar surface area (TPSA) is 26.3 Å². The molecule has 0 aliphatic rings. The normalized spacial score (nSPS) is 10.4. The molecule has 2 aromatic rings. The van der Waals surface area contributed by atoms with E-state index >= 15 is 0 Å². The molecule has 0 aliphatic heterocycles. The van der Waals surface area contributed by atoms with Crippen molar-refractivity contribution in [3.63, 3.8) is 0 Å². The van der Waals surface area contributed by atoms with E-state index in [-0.39, 0.29) is 18.0 Å². The molecule has 0 N–H and O–H groups in total. The van der Waals surface area contributed by atoms with Crippen molar-refractivity contribution < 1.29 is 13.9 Å².